The largest absolute Gasteiger partial charge is 0.493 e. The first-order valence-electron chi connectivity index (χ1n) is 10.1. The van der Waals surface area contributed by atoms with Crippen LogP contribution in [-0.4, -0.2) is 17.4 Å². The fourth-order valence-electron chi connectivity index (χ4n) is 3.69. The lowest BCUT2D eigenvalue weighted by atomic mass is 9.92. The topological polar surface area (TPSA) is 39.2 Å². The van der Waals surface area contributed by atoms with Gasteiger partial charge in [-0.1, -0.05) is 66.7 Å². The zero-order chi connectivity index (χ0) is 20.9. The van der Waals surface area contributed by atoms with E-state index in [0.717, 1.165) is 39.0 Å². The average Bonchev–Trinajstić information content (AvgIpc) is 2.78. The number of aromatic nitrogens is 1. The van der Waals surface area contributed by atoms with Crippen molar-refractivity contribution in [1.29, 1.82) is 0 Å². The first-order valence-corrected chi connectivity index (χ1v) is 10.1. The van der Waals surface area contributed by atoms with E-state index in [1.165, 1.54) is 0 Å². The van der Waals surface area contributed by atoms with Crippen LogP contribution in [0.2, 0.25) is 0 Å². The van der Waals surface area contributed by atoms with E-state index in [-0.39, 0.29) is 5.78 Å². The minimum Gasteiger partial charge on any atom is -0.493 e. The van der Waals surface area contributed by atoms with Crippen LogP contribution in [0.5, 0.6) is 5.75 Å². The summed E-state index contributed by atoms with van der Waals surface area (Å²) in [5.74, 6) is 0.691. The first-order chi connectivity index (χ1) is 14.7. The normalized spacial score (nSPS) is 11.1. The second-order valence-corrected chi connectivity index (χ2v) is 7.00. The number of carbonyl (C=O) groups excluding carboxylic acids is 1. The van der Waals surface area contributed by atoms with Crippen molar-refractivity contribution in [2.75, 3.05) is 6.61 Å². The van der Waals surface area contributed by atoms with Crippen LogP contribution in [0.1, 0.15) is 28.5 Å². The molecule has 0 spiro atoms. The van der Waals surface area contributed by atoms with Crippen LogP contribution in [0, 0.1) is 6.92 Å². The number of ketones is 1. The summed E-state index contributed by atoms with van der Waals surface area (Å²) in [6.07, 6.45) is 3.43. The number of hydrogen-bond acceptors (Lipinski definition) is 3. The number of fused-ring (bicyclic) bond motifs is 1. The Morgan fingerprint density at radius 3 is 2.43 bits per heavy atom. The second-order valence-electron chi connectivity index (χ2n) is 7.00. The van der Waals surface area contributed by atoms with E-state index in [4.69, 9.17) is 9.72 Å². The van der Waals surface area contributed by atoms with Crippen molar-refractivity contribution in [1.82, 2.24) is 4.98 Å². The Labute approximate surface area is 176 Å². The molecule has 1 heterocycles. The molecule has 0 atom stereocenters. The van der Waals surface area contributed by atoms with Gasteiger partial charge in [0.25, 0.3) is 0 Å². The molecular formula is C27H23NO2. The van der Waals surface area contributed by atoms with Gasteiger partial charge in [0.2, 0.25) is 0 Å². The molecule has 0 amide bonds. The maximum absolute atomic E-state index is 13.4. The molecule has 0 saturated carbocycles. The van der Waals surface area contributed by atoms with Gasteiger partial charge >= 0.3 is 0 Å². The molecular weight excluding hydrogens is 370 g/mol. The number of carbonyl (C=O) groups is 1. The number of aryl methyl sites for hydroxylation is 1. The molecule has 0 N–H and O–H groups in total. The number of para-hydroxylation sites is 2. The molecule has 4 aromatic rings. The van der Waals surface area contributed by atoms with Crippen LogP contribution < -0.4 is 4.74 Å². The van der Waals surface area contributed by atoms with E-state index < -0.39 is 0 Å². The Balaban J connectivity index is 1.85. The monoisotopic (exact) mass is 393 g/mol. The molecule has 0 aliphatic heterocycles. The molecule has 1 aromatic heterocycles. The standard InChI is InChI=1S/C27H23NO2/c1-3-30-25-16-10-7-11-20(25)17-18-24(29)26-19(2)28-23-15-9-8-14-22(23)27(26)21-12-5-4-6-13-21/h4-18H,3H2,1-2H3/b18-17+. The van der Waals surface area contributed by atoms with Crippen LogP contribution in [0.15, 0.2) is 84.9 Å². The van der Waals surface area contributed by atoms with Crippen LogP contribution >= 0.6 is 0 Å². The number of allylic oxidation sites excluding steroid dienone is 1. The van der Waals surface area contributed by atoms with Crippen LogP contribution in [0.3, 0.4) is 0 Å². The highest BCUT2D eigenvalue weighted by Crippen LogP contribution is 2.33. The number of hydrogen-bond donors (Lipinski definition) is 0. The van der Waals surface area contributed by atoms with Crippen molar-refractivity contribution in [3.8, 4) is 16.9 Å². The lowest BCUT2D eigenvalue weighted by molar-refractivity contribution is 0.104. The van der Waals surface area contributed by atoms with Gasteiger partial charge in [-0.15, -0.1) is 0 Å². The van der Waals surface area contributed by atoms with Gasteiger partial charge in [-0.2, -0.15) is 0 Å². The van der Waals surface area contributed by atoms with Crippen LogP contribution in [0.4, 0.5) is 0 Å². The van der Waals surface area contributed by atoms with Crippen molar-refractivity contribution in [2.45, 2.75) is 13.8 Å². The fourth-order valence-corrected chi connectivity index (χ4v) is 3.69. The number of nitrogens with zero attached hydrogens (tertiary/aromatic N) is 1. The fraction of sp³-hybridized carbons (Fsp3) is 0.111. The number of rotatable bonds is 6. The molecule has 0 fully saturated rings. The van der Waals surface area contributed by atoms with Gasteiger partial charge < -0.3 is 4.74 Å². The summed E-state index contributed by atoms with van der Waals surface area (Å²) < 4.78 is 5.67. The Morgan fingerprint density at radius 2 is 1.63 bits per heavy atom. The molecule has 3 aromatic carbocycles. The van der Waals surface area contributed by atoms with Gasteiger partial charge in [0.1, 0.15) is 5.75 Å². The minimum absolute atomic E-state index is 0.0732. The molecule has 0 saturated heterocycles. The van der Waals surface area contributed by atoms with Crippen LogP contribution in [0.25, 0.3) is 28.1 Å². The SMILES string of the molecule is CCOc1ccccc1/C=C/C(=O)c1c(C)nc2ccccc2c1-c1ccccc1. The Kier molecular flexibility index (Phi) is 5.71. The predicted molar refractivity (Wildman–Crippen MR) is 123 cm³/mol. The number of pyridine rings is 1. The third kappa shape index (κ3) is 3.87. The number of benzene rings is 3. The molecule has 3 heteroatoms. The zero-order valence-electron chi connectivity index (χ0n) is 17.1. The van der Waals surface area contributed by atoms with Crippen LogP contribution in [-0.2, 0) is 0 Å². The van der Waals surface area contributed by atoms with E-state index in [1.807, 2.05) is 98.8 Å². The molecule has 0 radical (unpaired) electrons. The van der Waals surface area contributed by atoms with E-state index in [2.05, 4.69) is 0 Å². The van der Waals surface area contributed by atoms with E-state index >= 15 is 0 Å². The lowest BCUT2D eigenvalue weighted by Gasteiger charge is -2.14. The average molecular weight is 393 g/mol. The highest BCUT2D eigenvalue weighted by Gasteiger charge is 2.18. The summed E-state index contributed by atoms with van der Waals surface area (Å²) in [6, 6.07) is 25.7. The molecule has 0 aliphatic rings. The quantitative estimate of drug-likeness (QED) is 0.277. The molecule has 0 unspecified atom stereocenters. The van der Waals surface area contributed by atoms with Gasteiger partial charge in [0.05, 0.1) is 17.7 Å². The highest BCUT2D eigenvalue weighted by atomic mass is 16.5. The van der Waals surface area contributed by atoms with Crippen molar-refractivity contribution < 1.29 is 9.53 Å². The van der Waals surface area contributed by atoms with Gasteiger partial charge in [-0.25, -0.2) is 0 Å². The van der Waals surface area contributed by atoms with Crippen molar-refractivity contribution >= 4 is 22.8 Å². The zero-order valence-corrected chi connectivity index (χ0v) is 17.1. The highest BCUT2D eigenvalue weighted by molar-refractivity contribution is 6.16. The van der Waals surface area contributed by atoms with Crippen molar-refractivity contribution in [3.63, 3.8) is 0 Å². The smallest absolute Gasteiger partial charge is 0.188 e. The summed E-state index contributed by atoms with van der Waals surface area (Å²) in [7, 11) is 0. The Hall–Kier alpha value is -3.72. The van der Waals surface area contributed by atoms with E-state index in [0.29, 0.717) is 12.2 Å². The van der Waals surface area contributed by atoms with Gasteiger partial charge in [0.15, 0.2) is 5.78 Å². The minimum atomic E-state index is -0.0732. The van der Waals surface area contributed by atoms with Gasteiger partial charge in [-0.3, -0.25) is 9.78 Å². The molecule has 3 nitrogen and oxygen atoms in total. The van der Waals surface area contributed by atoms with Gasteiger partial charge in [0, 0.05) is 22.2 Å². The first kappa shape index (κ1) is 19.6. The molecule has 4 rings (SSSR count). The predicted octanol–water partition coefficient (Wildman–Crippen LogP) is 6.51. The summed E-state index contributed by atoms with van der Waals surface area (Å²) in [5, 5.41) is 0.973. The molecule has 0 bridgehead atoms. The summed E-state index contributed by atoms with van der Waals surface area (Å²) in [5.41, 5.74) is 5.04. The molecule has 0 aliphatic carbocycles. The third-order valence-electron chi connectivity index (χ3n) is 5.02. The third-order valence-corrected chi connectivity index (χ3v) is 5.02. The summed E-state index contributed by atoms with van der Waals surface area (Å²) >= 11 is 0. The van der Waals surface area contributed by atoms with E-state index in [1.54, 1.807) is 6.08 Å². The lowest BCUT2D eigenvalue weighted by Crippen LogP contribution is -2.05. The van der Waals surface area contributed by atoms with E-state index in [9.17, 15) is 4.79 Å². The second kappa shape index (κ2) is 8.75. The summed E-state index contributed by atoms with van der Waals surface area (Å²) in [4.78, 5) is 18.1. The Morgan fingerprint density at radius 1 is 0.933 bits per heavy atom. The maximum atomic E-state index is 13.4. The maximum Gasteiger partial charge on any atom is 0.188 e. The molecule has 30 heavy (non-hydrogen) atoms. The summed E-state index contributed by atoms with van der Waals surface area (Å²) in [6.45, 7) is 4.42. The Bertz CT molecular complexity index is 1230. The number of ether oxygens (including phenoxy) is 1. The molecule has 148 valence electrons. The van der Waals surface area contributed by atoms with Crippen molar-refractivity contribution in [2.24, 2.45) is 0 Å². The van der Waals surface area contributed by atoms with Gasteiger partial charge in [-0.05, 0) is 43.7 Å². The van der Waals surface area contributed by atoms with Crippen molar-refractivity contribution in [3.05, 3.63) is 102 Å².